The molecule has 0 amide bonds. The summed E-state index contributed by atoms with van der Waals surface area (Å²) in [4.78, 5) is 8.85. The average Bonchev–Trinajstić information content (AvgIpc) is 2.79. The first-order valence-corrected chi connectivity index (χ1v) is 6.73. The van der Waals surface area contributed by atoms with E-state index in [0.717, 1.165) is 35.4 Å². The van der Waals surface area contributed by atoms with Crippen molar-refractivity contribution in [3.8, 4) is 11.4 Å². The quantitative estimate of drug-likeness (QED) is 0.716. The standard InChI is InChI=1S/C15H14ClN3/c1-2-7-19-14-6-4-3-5-13(14)18-15(19)11-8-12(16)10-17-9-11/h3-6,8-10H,2,7H2,1H3. The summed E-state index contributed by atoms with van der Waals surface area (Å²) in [7, 11) is 0. The fraction of sp³-hybridized carbons (Fsp3) is 0.200. The molecule has 3 aromatic rings. The number of hydrogen-bond acceptors (Lipinski definition) is 2. The van der Waals surface area contributed by atoms with Crippen LogP contribution in [0.15, 0.2) is 42.7 Å². The molecule has 4 heteroatoms. The van der Waals surface area contributed by atoms with Crippen LogP contribution in [0.3, 0.4) is 0 Å². The third kappa shape index (κ3) is 2.22. The first-order chi connectivity index (χ1) is 9.29. The molecule has 2 heterocycles. The van der Waals surface area contributed by atoms with Crippen molar-refractivity contribution in [2.75, 3.05) is 0 Å². The number of aryl methyl sites for hydroxylation is 1. The van der Waals surface area contributed by atoms with Crippen molar-refractivity contribution in [1.82, 2.24) is 14.5 Å². The molecule has 0 aliphatic rings. The zero-order valence-corrected chi connectivity index (χ0v) is 11.4. The first kappa shape index (κ1) is 12.2. The molecular formula is C15H14ClN3. The number of aromatic nitrogens is 3. The van der Waals surface area contributed by atoms with E-state index in [1.54, 1.807) is 12.4 Å². The molecule has 0 fully saturated rings. The lowest BCUT2D eigenvalue weighted by Gasteiger charge is -2.07. The molecule has 1 aromatic carbocycles. The highest BCUT2D eigenvalue weighted by Gasteiger charge is 2.12. The number of benzene rings is 1. The third-order valence-electron chi connectivity index (χ3n) is 3.06. The van der Waals surface area contributed by atoms with Gasteiger partial charge >= 0.3 is 0 Å². The zero-order valence-electron chi connectivity index (χ0n) is 10.7. The van der Waals surface area contributed by atoms with E-state index in [2.05, 4.69) is 22.5 Å². The van der Waals surface area contributed by atoms with Gasteiger partial charge in [-0.25, -0.2) is 4.98 Å². The lowest BCUT2D eigenvalue weighted by Crippen LogP contribution is -1.99. The van der Waals surface area contributed by atoms with E-state index in [9.17, 15) is 0 Å². The van der Waals surface area contributed by atoms with E-state index in [1.165, 1.54) is 0 Å². The predicted octanol–water partition coefficient (Wildman–Crippen LogP) is 4.16. The van der Waals surface area contributed by atoms with Gasteiger partial charge in [0.1, 0.15) is 5.82 Å². The maximum absolute atomic E-state index is 6.02. The van der Waals surface area contributed by atoms with Crippen molar-refractivity contribution in [3.05, 3.63) is 47.7 Å². The Morgan fingerprint density at radius 3 is 2.84 bits per heavy atom. The van der Waals surface area contributed by atoms with Gasteiger partial charge in [-0.15, -0.1) is 0 Å². The molecule has 0 spiro atoms. The number of imidazole rings is 1. The second kappa shape index (κ2) is 5.02. The van der Waals surface area contributed by atoms with Gasteiger partial charge in [-0.1, -0.05) is 30.7 Å². The fourth-order valence-electron chi connectivity index (χ4n) is 2.28. The van der Waals surface area contributed by atoms with Gasteiger partial charge in [-0.2, -0.15) is 0 Å². The van der Waals surface area contributed by atoms with Gasteiger partial charge in [0, 0.05) is 24.5 Å². The van der Waals surface area contributed by atoms with E-state index in [0.29, 0.717) is 5.02 Å². The monoisotopic (exact) mass is 271 g/mol. The van der Waals surface area contributed by atoms with Crippen LogP contribution in [0, 0.1) is 0 Å². The Bertz CT molecular complexity index is 718. The Kier molecular flexibility index (Phi) is 3.22. The number of nitrogens with zero attached hydrogens (tertiary/aromatic N) is 3. The van der Waals surface area contributed by atoms with Crippen molar-refractivity contribution in [2.24, 2.45) is 0 Å². The highest BCUT2D eigenvalue weighted by atomic mass is 35.5. The van der Waals surface area contributed by atoms with Crippen molar-refractivity contribution in [2.45, 2.75) is 19.9 Å². The summed E-state index contributed by atoms with van der Waals surface area (Å²) in [6.45, 7) is 3.09. The zero-order chi connectivity index (χ0) is 13.2. The molecule has 3 nitrogen and oxygen atoms in total. The average molecular weight is 272 g/mol. The molecule has 2 aromatic heterocycles. The Morgan fingerprint density at radius 1 is 1.21 bits per heavy atom. The smallest absolute Gasteiger partial charge is 0.142 e. The van der Waals surface area contributed by atoms with Crippen LogP contribution >= 0.6 is 11.6 Å². The molecule has 0 radical (unpaired) electrons. The summed E-state index contributed by atoms with van der Waals surface area (Å²) in [5.41, 5.74) is 3.11. The van der Waals surface area contributed by atoms with Crippen LogP contribution in [-0.4, -0.2) is 14.5 Å². The molecule has 96 valence electrons. The highest BCUT2D eigenvalue weighted by molar-refractivity contribution is 6.30. The van der Waals surface area contributed by atoms with Gasteiger partial charge in [0.2, 0.25) is 0 Å². The minimum Gasteiger partial charge on any atom is -0.324 e. The summed E-state index contributed by atoms with van der Waals surface area (Å²) in [5.74, 6) is 0.929. The molecule has 0 aliphatic heterocycles. The molecule has 0 saturated carbocycles. The molecule has 19 heavy (non-hydrogen) atoms. The van der Waals surface area contributed by atoms with Crippen molar-refractivity contribution in [1.29, 1.82) is 0 Å². The number of pyridine rings is 1. The molecule has 3 rings (SSSR count). The Balaban J connectivity index is 2.25. The summed E-state index contributed by atoms with van der Waals surface area (Å²) in [6.07, 6.45) is 4.50. The minimum absolute atomic E-state index is 0.632. The highest BCUT2D eigenvalue weighted by Crippen LogP contribution is 2.26. The maximum atomic E-state index is 6.02. The summed E-state index contributed by atoms with van der Waals surface area (Å²) in [6, 6.07) is 10.1. The number of halogens is 1. The molecule has 0 atom stereocenters. The lowest BCUT2D eigenvalue weighted by molar-refractivity contribution is 0.704. The van der Waals surface area contributed by atoms with Crippen LogP contribution in [-0.2, 0) is 6.54 Å². The van der Waals surface area contributed by atoms with Crippen molar-refractivity contribution < 1.29 is 0 Å². The third-order valence-corrected chi connectivity index (χ3v) is 3.27. The number of fused-ring (bicyclic) bond motifs is 1. The summed E-state index contributed by atoms with van der Waals surface area (Å²) >= 11 is 6.02. The fourth-order valence-corrected chi connectivity index (χ4v) is 2.45. The molecule has 0 N–H and O–H groups in total. The van der Waals surface area contributed by atoms with Crippen LogP contribution in [0.1, 0.15) is 13.3 Å². The van der Waals surface area contributed by atoms with Crippen LogP contribution < -0.4 is 0 Å². The molecule has 0 saturated heterocycles. The van der Waals surface area contributed by atoms with Crippen LogP contribution in [0.25, 0.3) is 22.4 Å². The van der Waals surface area contributed by atoms with Gasteiger partial charge in [-0.05, 0) is 24.6 Å². The maximum Gasteiger partial charge on any atom is 0.142 e. The lowest BCUT2D eigenvalue weighted by atomic mass is 10.2. The van der Waals surface area contributed by atoms with Gasteiger partial charge < -0.3 is 4.57 Å². The summed E-state index contributed by atoms with van der Waals surface area (Å²) < 4.78 is 2.22. The summed E-state index contributed by atoms with van der Waals surface area (Å²) in [5, 5.41) is 0.632. The molecule has 0 unspecified atom stereocenters. The van der Waals surface area contributed by atoms with E-state index >= 15 is 0 Å². The normalized spacial score (nSPS) is 11.1. The van der Waals surface area contributed by atoms with Crippen LogP contribution in [0.5, 0.6) is 0 Å². The minimum atomic E-state index is 0.632. The largest absolute Gasteiger partial charge is 0.324 e. The van der Waals surface area contributed by atoms with Gasteiger partial charge in [0.05, 0.1) is 16.1 Å². The van der Waals surface area contributed by atoms with Crippen LogP contribution in [0.2, 0.25) is 5.02 Å². The van der Waals surface area contributed by atoms with E-state index in [4.69, 9.17) is 16.6 Å². The number of rotatable bonds is 3. The van der Waals surface area contributed by atoms with E-state index in [-0.39, 0.29) is 0 Å². The Labute approximate surface area is 116 Å². The van der Waals surface area contributed by atoms with Crippen molar-refractivity contribution >= 4 is 22.6 Å². The number of hydrogen-bond donors (Lipinski definition) is 0. The molecule has 0 aliphatic carbocycles. The Morgan fingerprint density at radius 2 is 2.05 bits per heavy atom. The number of para-hydroxylation sites is 2. The van der Waals surface area contributed by atoms with Crippen LogP contribution in [0.4, 0.5) is 0 Å². The Hall–Kier alpha value is -1.87. The topological polar surface area (TPSA) is 30.7 Å². The van der Waals surface area contributed by atoms with Crippen molar-refractivity contribution in [3.63, 3.8) is 0 Å². The SMILES string of the molecule is CCCn1c(-c2cncc(Cl)c2)nc2ccccc21. The van der Waals surface area contributed by atoms with Gasteiger partial charge in [0.15, 0.2) is 0 Å². The predicted molar refractivity (Wildman–Crippen MR) is 78.3 cm³/mol. The molecule has 0 bridgehead atoms. The second-order valence-corrected chi connectivity index (χ2v) is 4.90. The van der Waals surface area contributed by atoms with Gasteiger partial charge in [0.25, 0.3) is 0 Å². The molecular weight excluding hydrogens is 258 g/mol. The second-order valence-electron chi connectivity index (χ2n) is 4.47. The van der Waals surface area contributed by atoms with E-state index in [1.807, 2.05) is 24.3 Å². The first-order valence-electron chi connectivity index (χ1n) is 6.36. The van der Waals surface area contributed by atoms with Gasteiger partial charge in [-0.3, -0.25) is 4.98 Å². The van der Waals surface area contributed by atoms with E-state index < -0.39 is 0 Å².